The molecule has 114 valence electrons. The molecule has 0 aromatic heterocycles. The maximum Gasteiger partial charge on any atom is 0.306 e. The maximum absolute atomic E-state index is 11.2. The monoisotopic (exact) mass is 298 g/mol. The number of carbonyl (C=O) groups is 1. The van der Waals surface area contributed by atoms with Gasteiger partial charge in [0.15, 0.2) is 11.5 Å². The predicted octanol–water partition coefficient (Wildman–Crippen LogP) is 3.51. The summed E-state index contributed by atoms with van der Waals surface area (Å²) in [5, 5.41) is 9.19. The highest BCUT2D eigenvalue weighted by molar-refractivity contribution is 5.72. The van der Waals surface area contributed by atoms with Crippen molar-refractivity contribution in [2.75, 3.05) is 6.61 Å². The van der Waals surface area contributed by atoms with Gasteiger partial charge in [0.1, 0.15) is 6.61 Å². The Labute approximate surface area is 129 Å². The van der Waals surface area contributed by atoms with Crippen LogP contribution in [0.4, 0.5) is 0 Å². The molecule has 0 atom stereocenters. The quantitative estimate of drug-likeness (QED) is 0.862. The first kappa shape index (κ1) is 13.4. The van der Waals surface area contributed by atoms with Crippen LogP contribution in [0.15, 0.2) is 30.5 Å². The lowest BCUT2D eigenvalue weighted by atomic mass is 9.68. The number of allylic oxidation sites excluding steroid dienone is 1. The third kappa shape index (κ3) is 2.02. The molecule has 1 aromatic carbocycles. The molecule has 4 heteroatoms. The highest BCUT2D eigenvalue weighted by atomic mass is 16.5. The Bertz CT molecular complexity index is 679. The van der Waals surface area contributed by atoms with E-state index in [0.717, 1.165) is 42.7 Å². The van der Waals surface area contributed by atoms with Crippen LogP contribution in [0.3, 0.4) is 0 Å². The molecule has 1 N–H and O–H groups in total. The largest absolute Gasteiger partial charge is 0.485 e. The van der Waals surface area contributed by atoms with E-state index in [9.17, 15) is 9.90 Å². The minimum absolute atomic E-state index is 0.0321. The average Bonchev–Trinajstić information content (AvgIpc) is 2.72. The third-order valence-electron chi connectivity index (χ3n) is 5.09. The average molecular weight is 298 g/mol. The van der Waals surface area contributed by atoms with Gasteiger partial charge in [-0.15, -0.1) is 0 Å². The maximum atomic E-state index is 11.2. The Morgan fingerprint density at radius 3 is 2.82 bits per heavy atom. The molecule has 0 bridgehead atoms. The molecule has 0 unspecified atom stereocenters. The van der Waals surface area contributed by atoms with Crippen molar-refractivity contribution in [1.82, 2.24) is 0 Å². The molecule has 0 saturated heterocycles. The standard InChI is InChI=1S/C18H18O4/c19-17(20)12-2-5-18(6-3-12)7-4-13-10-15-16(11-14(13)18)22-9-1-8-21-15/h1,4,7,9-12H,2-3,5-6,8H2,(H,19,20). The molecule has 0 radical (unpaired) electrons. The topological polar surface area (TPSA) is 55.8 Å². The summed E-state index contributed by atoms with van der Waals surface area (Å²) in [5.41, 5.74) is 2.38. The molecule has 1 fully saturated rings. The second-order valence-electron chi connectivity index (χ2n) is 6.29. The van der Waals surface area contributed by atoms with Gasteiger partial charge in [0, 0.05) is 5.41 Å². The van der Waals surface area contributed by atoms with Crippen LogP contribution in [0.25, 0.3) is 6.08 Å². The van der Waals surface area contributed by atoms with E-state index in [2.05, 4.69) is 18.2 Å². The van der Waals surface area contributed by atoms with Crippen LogP contribution in [-0.2, 0) is 10.2 Å². The van der Waals surface area contributed by atoms with Crippen LogP contribution < -0.4 is 9.47 Å². The van der Waals surface area contributed by atoms with Crippen LogP contribution in [0.1, 0.15) is 36.8 Å². The second-order valence-corrected chi connectivity index (χ2v) is 6.29. The van der Waals surface area contributed by atoms with Crippen molar-refractivity contribution in [1.29, 1.82) is 0 Å². The molecule has 4 rings (SSSR count). The van der Waals surface area contributed by atoms with Gasteiger partial charge in [-0.25, -0.2) is 0 Å². The van der Waals surface area contributed by atoms with Crippen molar-refractivity contribution in [3.05, 3.63) is 41.7 Å². The summed E-state index contributed by atoms with van der Waals surface area (Å²) in [5.74, 6) is 0.646. The van der Waals surface area contributed by atoms with Crippen molar-refractivity contribution in [3.8, 4) is 11.5 Å². The lowest BCUT2D eigenvalue weighted by molar-refractivity contribution is -0.143. The van der Waals surface area contributed by atoms with Crippen LogP contribution >= 0.6 is 0 Å². The minimum Gasteiger partial charge on any atom is -0.485 e. The lowest BCUT2D eigenvalue weighted by Gasteiger charge is -2.36. The van der Waals surface area contributed by atoms with Crippen LogP contribution in [0, 0.1) is 5.92 Å². The molecule has 1 saturated carbocycles. The summed E-state index contributed by atoms with van der Waals surface area (Å²) in [6.07, 6.45) is 11.1. The highest BCUT2D eigenvalue weighted by Crippen LogP contribution is 2.50. The van der Waals surface area contributed by atoms with Gasteiger partial charge < -0.3 is 14.6 Å². The van der Waals surface area contributed by atoms with Gasteiger partial charge in [0.25, 0.3) is 0 Å². The van der Waals surface area contributed by atoms with Gasteiger partial charge >= 0.3 is 5.97 Å². The van der Waals surface area contributed by atoms with Gasteiger partial charge in [0.2, 0.25) is 0 Å². The Morgan fingerprint density at radius 2 is 2.05 bits per heavy atom. The van der Waals surface area contributed by atoms with Gasteiger partial charge in [-0.1, -0.05) is 12.2 Å². The van der Waals surface area contributed by atoms with E-state index in [1.165, 1.54) is 5.56 Å². The van der Waals surface area contributed by atoms with Gasteiger partial charge in [-0.05, 0) is 55.0 Å². The first-order valence-electron chi connectivity index (χ1n) is 7.73. The van der Waals surface area contributed by atoms with Crippen molar-refractivity contribution >= 4 is 12.0 Å². The highest BCUT2D eigenvalue weighted by Gasteiger charge is 2.41. The zero-order chi connectivity index (χ0) is 15.2. The first-order valence-corrected chi connectivity index (χ1v) is 7.73. The lowest BCUT2D eigenvalue weighted by Crippen LogP contribution is -2.31. The molecule has 3 aliphatic rings. The number of hydrogen-bond acceptors (Lipinski definition) is 3. The van der Waals surface area contributed by atoms with Crippen molar-refractivity contribution in [3.63, 3.8) is 0 Å². The minimum atomic E-state index is -0.666. The van der Waals surface area contributed by atoms with E-state index in [1.807, 2.05) is 12.1 Å². The molecule has 1 aliphatic heterocycles. The number of ether oxygens (including phenoxy) is 2. The van der Waals surface area contributed by atoms with E-state index >= 15 is 0 Å². The molecule has 4 nitrogen and oxygen atoms in total. The predicted molar refractivity (Wildman–Crippen MR) is 82.0 cm³/mol. The Kier molecular flexibility index (Phi) is 2.99. The fraction of sp³-hybridized carbons (Fsp3) is 0.389. The van der Waals surface area contributed by atoms with E-state index in [4.69, 9.17) is 9.47 Å². The van der Waals surface area contributed by atoms with E-state index in [-0.39, 0.29) is 11.3 Å². The fourth-order valence-corrected chi connectivity index (χ4v) is 3.80. The number of rotatable bonds is 1. The van der Waals surface area contributed by atoms with E-state index in [0.29, 0.717) is 6.61 Å². The van der Waals surface area contributed by atoms with Crippen molar-refractivity contribution < 1.29 is 19.4 Å². The van der Waals surface area contributed by atoms with E-state index < -0.39 is 5.97 Å². The van der Waals surface area contributed by atoms with Crippen molar-refractivity contribution in [2.45, 2.75) is 31.1 Å². The molecule has 2 aliphatic carbocycles. The molecular formula is C18H18O4. The van der Waals surface area contributed by atoms with Crippen molar-refractivity contribution in [2.24, 2.45) is 5.92 Å². The number of carboxylic acid groups (broad SMARTS) is 1. The zero-order valence-electron chi connectivity index (χ0n) is 12.2. The number of aliphatic carboxylic acids is 1. The Balaban J connectivity index is 1.68. The summed E-state index contributed by atoms with van der Waals surface area (Å²) in [6.45, 7) is 0.515. The molecule has 22 heavy (non-hydrogen) atoms. The number of fused-ring (bicyclic) bond motifs is 3. The smallest absolute Gasteiger partial charge is 0.306 e. The van der Waals surface area contributed by atoms with Crippen LogP contribution in [-0.4, -0.2) is 17.7 Å². The second kappa shape index (κ2) is 4.90. The van der Waals surface area contributed by atoms with E-state index in [1.54, 1.807) is 6.26 Å². The summed E-state index contributed by atoms with van der Waals surface area (Å²) in [4.78, 5) is 11.2. The SMILES string of the molecule is O=C(O)C1CCC2(C=Cc3cc4c(cc32)OC=CCO4)CC1. The Morgan fingerprint density at radius 1 is 1.23 bits per heavy atom. The summed E-state index contributed by atoms with van der Waals surface area (Å²) in [6, 6.07) is 4.10. The molecule has 1 spiro atoms. The normalized spacial score (nSPS) is 28.5. The molecule has 1 aromatic rings. The third-order valence-corrected chi connectivity index (χ3v) is 5.09. The molecule has 1 heterocycles. The Hall–Kier alpha value is -2.23. The van der Waals surface area contributed by atoms with Crippen LogP contribution in [0.5, 0.6) is 11.5 Å². The van der Waals surface area contributed by atoms with Gasteiger partial charge in [-0.3, -0.25) is 4.79 Å². The fourth-order valence-electron chi connectivity index (χ4n) is 3.80. The van der Waals surface area contributed by atoms with Gasteiger partial charge in [-0.2, -0.15) is 0 Å². The molecular weight excluding hydrogens is 280 g/mol. The zero-order valence-corrected chi connectivity index (χ0v) is 12.2. The first-order chi connectivity index (χ1) is 10.7. The summed E-state index contributed by atoms with van der Waals surface area (Å²) < 4.78 is 11.3. The van der Waals surface area contributed by atoms with Gasteiger partial charge in [0.05, 0.1) is 12.2 Å². The van der Waals surface area contributed by atoms with Crippen LogP contribution in [0.2, 0.25) is 0 Å². The number of benzene rings is 1. The number of carboxylic acids is 1. The summed E-state index contributed by atoms with van der Waals surface area (Å²) in [7, 11) is 0. The molecule has 0 amide bonds. The number of hydrogen-bond donors (Lipinski definition) is 1. The summed E-state index contributed by atoms with van der Waals surface area (Å²) >= 11 is 0.